The Balaban J connectivity index is 2.33. The first-order chi connectivity index (χ1) is 9.55. The zero-order valence-corrected chi connectivity index (χ0v) is 12.8. The van der Waals surface area contributed by atoms with Gasteiger partial charge in [-0.25, -0.2) is 0 Å². The first kappa shape index (κ1) is 14.5. The van der Waals surface area contributed by atoms with Crippen LogP contribution in [0.4, 0.5) is 5.69 Å². The van der Waals surface area contributed by atoms with E-state index in [4.69, 9.17) is 15.2 Å². The average molecular weight is 339 g/mol. The molecule has 0 atom stereocenters. The van der Waals surface area contributed by atoms with Crippen molar-refractivity contribution >= 4 is 21.6 Å². The quantitative estimate of drug-likeness (QED) is 0.928. The Hall–Kier alpha value is -1.95. The molecule has 2 rings (SSSR count). The fourth-order valence-electron chi connectivity index (χ4n) is 1.90. The summed E-state index contributed by atoms with van der Waals surface area (Å²) in [7, 11) is 3.19. The Labute approximate surface area is 125 Å². The second-order valence-corrected chi connectivity index (χ2v) is 5.11. The number of benzene rings is 1. The monoisotopic (exact) mass is 338 g/mol. The molecule has 1 heterocycles. The van der Waals surface area contributed by atoms with Crippen LogP contribution in [0.1, 0.15) is 5.56 Å². The van der Waals surface area contributed by atoms with Crippen LogP contribution in [0.15, 0.2) is 39.9 Å². The second-order valence-electron chi connectivity index (χ2n) is 4.25. The van der Waals surface area contributed by atoms with Crippen molar-refractivity contribution in [3.05, 3.63) is 50.9 Å². The van der Waals surface area contributed by atoms with Gasteiger partial charge in [-0.2, -0.15) is 0 Å². The van der Waals surface area contributed by atoms with Gasteiger partial charge in [0.2, 0.25) is 5.43 Å². The largest absolute Gasteiger partial charge is 0.493 e. The lowest BCUT2D eigenvalue weighted by Gasteiger charge is -2.12. The summed E-state index contributed by atoms with van der Waals surface area (Å²) in [5.41, 5.74) is 6.69. The first-order valence-corrected chi connectivity index (χ1v) is 6.70. The highest BCUT2D eigenvalue weighted by atomic mass is 79.9. The van der Waals surface area contributed by atoms with E-state index in [1.54, 1.807) is 26.6 Å². The molecule has 0 amide bonds. The summed E-state index contributed by atoms with van der Waals surface area (Å²) in [4.78, 5) is 11.5. The molecule has 0 radical (unpaired) electrons. The summed E-state index contributed by atoms with van der Waals surface area (Å²) >= 11 is 3.20. The highest BCUT2D eigenvalue weighted by molar-refractivity contribution is 9.10. The van der Waals surface area contributed by atoms with Gasteiger partial charge in [0, 0.05) is 18.9 Å². The molecule has 0 unspecified atom stereocenters. The van der Waals surface area contributed by atoms with Crippen molar-refractivity contribution in [2.45, 2.75) is 6.54 Å². The van der Waals surface area contributed by atoms with Crippen molar-refractivity contribution in [3.63, 3.8) is 0 Å². The first-order valence-electron chi connectivity index (χ1n) is 5.91. The lowest BCUT2D eigenvalue weighted by Crippen LogP contribution is -2.13. The molecule has 0 bridgehead atoms. The van der Waals surface area contributed by atoms with E-state index in [1.165, 1.54) is 0 Å². The second kappa shape index (κ2) is 6.00. The number of nitrogens with zero attached hydrogens (tertiary/aromatic N) is 1. The number of halogens is 1. The summed E-state index contributed by atoms with van der Waals surface area (Å²) in [5, 5.41) is 0. The maximum absolute atomic E-state index is 11.5. The number of aromatic nitrogens is 1. The number of hydrogen-bond donors (Lipinski definition) is 1. The van der Waals surface area contributed by atoms with Gasteiger partial charge in [0.05, 0.1) is 24.4 Å². The van der Waals surface area contributed by atoms with Crippen molar-refractivity contribution in [2.24, 2.45) is 0 Å². The molecule has 0 aliphatic heterocycles. The minimum Gasteiger partial charge on any atom is -0.493 e. The van der Waals surface area contributed by atoms with Crippen LogP contribution in [-0.2, 0) is 6.54 Å². The van der Waals surface area contributed by atoms with Crippen molar-refractivity contribution in [2.75, 3.05) is 20.0 Å². The Morgan fingerprint density at radius 3 is 2.50 bits per heavy atom. The SMILES string of the molecule is COc1ccc(Cn2cc(N)c(=O)c(Br)c2)cc1OC. The van der Waals surface area contributed by atoms with E-state index >= 15 is 0 Å². The number of methoxy groups -OCH3 is 2. The fraction of sp³-hybridized carbons (Fsp3) is 0.214. The molecule has 0 spiro atoms. The molecule has 5 nitrogen and oxygen atoms in total. The van der Waals surface area contributed by atoms with Crippen LogP contribution >= 0.6 is 15.9 Å². The third-order valence-corrected chi connectivity index (χ3v) is 3.44. The number of rotatable bonds is 4. The van der Waals surface area contributed by atoms with Gasteiger partial charge in [0.1, 0.15) is 0 Å². The van der Waals surface area contributed by atoms with Gasteiger partial charge in [-0.1, -0.05) is 6.07 Å². The smallest absolute Gasteiger partial charge is 0.218 e. The van der Waals surface area contributed by atoms with Crippen molar-refractivity contribution in [1.82, 2.24) is 4.57 Å². The molecule has 0 saturated heterocycles. The summed E-state index contributed by atoms with van der Waals surface area (Å²) in [6, 6.07) is 5.67. The highest BCUT2D eigenvalue weighted by Crippen LogP contribution is 2.27. The van der Waals surface area contributed by atoms with E-state index in [9.17, 15) is 4.79 Å². The molecule has 2 aromatic rings. The van der Waals surface area contributed by atoms with Gasteiger partial charge in [-0.05, 0) is 33.6 Å². The minimum absolute atomic E-state index is 0.200. The van der Waals surface area contributed by atoms with Crippen LogP contribution in [0.25, 0.3) is 0 Å². The lowest BCUT2D eigenvalue weighted by atomic mass is 10.2. The molecule has 6 heteroatoms. The average Bonchev–Trinajstić information content (AvgIpc) is 2.44. The van der Waals surface area contributed by atoms with Crippen molar-refractivity contribution in [3.8, 4) is 11.5 Å². The van der Waals surface area contributed by atoms with E-state index in [-0.39, 0.29) is 11.1 Å². The van der Waals surface area contributed by atoms with E-state index < -0.39 is 0 Å². The maximum atomic E-state index is 11.5. The van der Waals surface area contributed by atoms with Gasteiger partial charge >= 0.3 is 0 Å². The molecular formula is C14H15BrN2O3. The number of nitrogens with two attached hydrogens (primary N) is 1. The Bertz CT molecular complexity index is 656. The van der Waals surface area contributed by atoms with Crippen LogP contribution in [0, 0.1) is 0 Å². The van der Waals surface area contributed by atoms with Gasteiger partial charge in [0.25, 0.3) is 0 Å². The summed E-state index contributed by atoms with van der Waals surface area (Å²) in [6.45, 7) is 0.573. The predicted molar refractivity (Wildman–Crippen MR) is 81.5 cm³/mol. The molecule has 1 aromatic heterocycles. The molecule has 20 heavy (non-hydrogen) atoms. The fourth-order valence-corrected chi connectivity index (χ4v) is 2.39. The van der Waals surface area contributed by atoms with E-state index in [0.717, 1.165) is 5.56 Å². The summed E-state index contributed by atoms with van der Waals surface area (Å²) < 4.78 is 12.7. The molecule has 0 aliphatic carbocycles. The zero-order chi connectivity index (χ0) is 14.7. The van der Waals surface area contributed by atoms with Gasteiger partial charge in [-0.15, -0.1) is 0 Å². The van der Waals surface area contributed by atoms with Crippen LogP contribution < -0.4 is 20.6 Å². The number of hydrogen-bond acceptors (Lipinski definition) is 4. The van der Waals surface area contributed by atoms with Gasteiger partial charge in [0.15, 0.2) is 11.5 Å². The van der Waals surface area contributed by atoms with Crippen LogP contribution in [0.5, 0.6) is 11.5 Å². The maximum Gasteiger partial charge on any atom is 0.218 e. The summed E-state index contributed by atoms with van der Waals surface area (Å²) in [6.07, 6.45) is 3.32. The predicted octanol–water partition coefficient (Wildman–Crippen LogP) is 2.26. The molecule has 1 aromatic carbocycles. The molecule has 0 saturated carbocycles. The van der Waals surface area contributed by atoms with Crippen LogP contribution in [0.2, 0.25) is 0 Å². The zero-order valence-electron chi connectivity index (χ0n) is 11.2. The Morgan fingerprint density at radius 2 is 1.90 bits per heavy atom. The third-order valence-electron chi connectivity index (χ3n) is 2.88. The highest BCUT2D eigenvalue weighted by Gasteiger charge is 2.06. The lowest BCUT2D eigenvalue weighted by molar-refractivity contribution is 0.354. The topological polar surface area (TPSA) is 66.5 Å². The van der Waals surface area contributed by atoms with E-state index in [0.29, 0.717) is 22.5 Å². The molecule has 2 N–H and O–H groups in total. The standard InChI is InChI=1S/C14H15BrN2O3/c1-19-12-4-3-9(5-13(12)20-2)6-17-7-10(15)14(18)11(16)8-17/h3-5,7-8H,6,16H2,1-2H3. The Kier molecular flexibility index (Phi) is 4.34. The number of ether oxygens (including phenoxy) is 2. The van der Waals surface area contributed by atoms with Crippen molar-refractivity contribution < 1.29 is 9.47 Å². The van der Waals surface area contributed by atoms with Gasteiger partial charge < -0.3 is 19.8 Å². The van der Waals surface area contributed by atoms with E-state index in [1.807, 2.05) is 22.8 Å². The number of nitrogen functional groups attached to an aromatic ring is 1. The number of anilines is 1. The normalized spacial score (nSPS) is 10.3. The van der Waals surface area contributed by atoms with Gasteiger partial charge in [-0.3, -0.25) is 4.79 Å². The molecule has 106 valence electrons. The summed E-state index contributed by atoms with van der Waals surface area (Å²) in [5.74, 6) is 1.34. The Morgan fingerprint density at radius 1 is 1.20 bits per heavy atom. The van der Waals surface area contributed by atoms with Crippen LogP contribution in [-0.4, -0.2) is 18.8 Å². The molecular weight excluding hydrogens is 324 g/mol. The molecule has 0 fully saturated rings. The minimum atomic E-state index is -0.200. The molecule has 0 aliphatic rings. The van der Waals surface area contributed by atoms with E-state index in [2.05, 4.69) is 15.9 Å². The van der Waals surface area contributed by atoms with Crippen LogP contribution in [0.3, 0.4) is 0 Å². The number of pyridine rings is 1. The third kappa shape index (κ3) is 2.96. The van der Waals surface area contributed by atoms with Crippen molar-refractivity contribution in [1.29, 1.82) is 0 Å².